The summed E-state index contributed by atoms with van der Waals surface area (Å²) in [4.78, 5) is 14.2. The average Bonchev–Trinajstić information content (AvgIpc) is 2.36. The maximum Gasteiger partial charge on any atom is 0.127 e. The molecule has 0 amide bonds. The maximum absolute atomic E-state index is 11.6. The number of hydrogen-bond acceptors (Lipinski definition) is 2. The van der Waals surface area contributed by atoms with Crippen molar-refractivity contribution in [3.8, 4) is 0 Å². The molecular weight excluding hydrogens is 222 g/mol. The van der Waals surface area contributed by atoms with E-state index in [1.54, 1.807) is 0 Å². The predicted octanol–water partition coefficient (Wildman–Crippen LogP) is 3.50. The van der Waals surface area contributed by atoms with Gasteiger partial charge in [-0.3, -0.25) is 4.90 Å². The van der Waals surface area contributed by atoms with E-state index >= 15 is 0 Å². The second kappa shape index (κ2) is 5.73. The molecule has 2 nitrogen and oxygen atoms in total. The monoisotopic (exact) mass is 251 g/mol. The van der Waals surface area contributed by atoms with Gasteiger partial charge in [0.15, 0.2) is 0 Å². The van der Waals surface area contributed by atoms with Gasteiger partial charge in [-0.25, -0.2) is 0 Å². The van der Waals surface area contributed by atoms with Crippen LogP contribution in [0.1, 0.15) is 59.3 Å². The Balaban J connectivity index is 1.95. The van der Waals surface area contributed by atoms with Crippen LogP contribution in [-0.2, 0) is 4.79 Å². The van der Waals surface area contributed by atoms with E-state index in [1.807, 2.05) is 0 Å². The van der Waals surface area contributed by atoms with Gasteiger partial charge in [0.25, 0.3) is 0 Å². The third kappa shape index (κ3) is 3.14. The summed E-state index contributed by atoms with van der Waals surface area (Å²) in [7, 11) is 0. The van der Waals surface area contributed by atoms with Gasteiger partial charge in [0, 0.05) is 18.0 Å². The molecule has 0 spiro atoms. The molecule has 1 heterocycles. The minimum atomic E-state index is -0.0264. The summed E-state index contributed by atoms with van der Waals surface area (Å²) < 4.78 is 0. The number of piperidine rings is 1. The fraction of sp³-hybridized carbons (Fsp3) is 0.938. The Bertz CT molecular complexity index is 281. The summed E-state index contributed by atoms with van der Waals surface area (Å²) in [6.45, 7) is 9.20. The van der Waals surface area contributed by atoms with Crippen molar-refractivity contribution < 1.29 is 4.79 Å². The van der Waals surface area contributed by atoms with E-state index in [0.717, 1.165) is 31.2 Å². The van der Waals surface area contributed by atoms with Crippen molar-refractivity contribution in [2.24, 2.45) is 17.3 Å². The minimum absolute atomic E-state index is 0.0264. The fourth-order valence-corrected chi connectivity index (χ4v) is 3.75. The second-order valence-corrected chi connectivity index (χ2v) is 7.11. The Hall–Kier alpha value is -0.370. The molecule has 2 heteroatoms. The molecule has 1 aliphatic heterocycles. The quantitative estimate of drug-likeness (QED) is 0.716. The number of aldehydes is 1. The van der Waals surface area contributed by atoms with E-state index in [4.69, 9.17) is 0 Å². The number of hydrogen-bond donors (Lipinski definition) is 0. The zero-order chi connectivity index (χ0) is 13.2. The Kier molecular flexibility index (Phi) is 4.47. The molecule has 18 heavy (non-hydrogen) atoms. The van der Waals surface area contributed by atoms with Crippen molar-refractivity contribution in [3.05, 3.63) is 0 Å². The van der Waals surface area contributed by atoms with Gasteiger partial charge < -0.3 is 4.79 Å². The highest BCUT2D eigenvalue weighted by Gasteiger charge is 2.37. The Morgan fingerprint density at radius 3 is 2.33 bits per heavy atom. The molecule has 0 N–H and O–H groups in total. The highest BCUT2D eigenvalue weighted by atomic mass is 16.1. The smallest absolute Gasteiger partial charge is 0.127 e. The van der Waals surface area contributed by atoms with E-state index in [-0.39, 0.29) is 5.41 Å². The molecule has 2 unspecified atom stereocenters. The van der Waals surface area contributed by atoms with Crippen molar-refractivity contribution in [3.63, 3.8) is 0 Å². The molecular formula is C16H29NO. The zero-order valence-corrected chi connectivity index (χ0v) is 12.3. The number of carbonyl (C=O) groups is 1. The van der Waals surface area contributed by atoms with Crippen LogP contribution in [0, 0.1) is 17.3 Å². The summed E-state index contributed by atoms with van der Waals surface area (Å²) in [5, 5.41) is 0. The highest BCUT2D eigenvalue weighted by molar-refractivity contribution is 5.60. The van der Waals surface area contributed by atoms with Crippen molar-refractivity contribution in [1.82, 2.24) is 4.90 Å². The van der Waals surface area contributed by atoms with Crippen LogP contribution in [0.15, 0.2) is 0 Å². The molecule has 0 radical (unpaired) electrons. The lowest BCUT2D eigenvalue weighted by molar-refractivity contribution is -0.120. The van der Waals surface area contributed by atoms with E-state index in [9.17, 15) is 4.79 Å². The third-order valence-corrected chi connectivity index (χ3v) is 5.31. The lowest BCUT2D eigenvalue weighted by atomic mass is 9.71. The van der Waals surface area contributed by atoms with Crippen LogP contribution in [-0.4, -0.2) is 30.3 Å². The van der Waals surface area contributed by atoms with Gasteiger partial charge >= 0.3 is 0 Å². The van der Waals surface area contributed by atoms with Crippen molar-refractivity contribution in [2.45, 2.75) is 65.3 Å². The van der Waals surface area contributed by atoms with Crippen LogP contribution < -0.4 is 0 Å². The summed E-state index contributed by atoms with van der Waals surface area (Å²) in [5.41, 5.74) is -0.0264. The first kappa shape index (κ1) is 14.0. The molecule has 1 saturated heterocycles. The third-order valence-electron chi connectivity index (χ3n) is 5.31. The van der Waals surface area contributed by atoms with E-state index in [2.05, 4.69) is 25.7 Å². The first-order valence-electron chi connectivity index (χ1n) is 7.75. The SMILES string of the molecule is CC1CCC(C=O)(CN2CCC(C)CC2C)CC1. The standard InChI is InChI=1S/C16H29NO/c1-13-4-7-16(12-18,8-5-13)11-17-9-6-14(2)10-15(17)3/h12-15H,4-11H2,1-3H3. The molecule has 0 bridgehead atoms. The first-order chi connectivity index (χ1) is 8.54. The normalized spacial score (nSPS) is 42.7. The van der Waals surface area contributed by atoms with Gasteiger partial charge in [0.05, 0.1) is 0 Å². The lowest BCUT2D eigenvalue weighted by Gasteiger charge is -2.43. The highest BCUT2D eigenvalue weighted by Crippen LogP contribution is 2.39. The van der Waals surface area contributed by atoms with Gasteiger partial charge in [0.2, 0.25) is 0 Å². The molecule has 0 aromatic rings. The zero-order valence-electron chi connectivity index (χ0n) is 12.3. The van der Waals surface area contributed by atoms with Gasteiger partial charge in [-0.15, -0.1) is 0 Å². The van der Waals surface area contributed by atoms with E-state index in [1.165, 1.54) is 38.5 Å². The van der Waals surface area contributed by atoms with Crippen molar-refractivity contribution in [2.75, 3.05) is 13.1 Å². The summed E-state index contributed by atoms with van der Waals surface area (Å²) in [6.07, 6.45) is 8.56. The number of carbonyl (C=O) groups excluding carboxylic acids is 1. The maximum atomic E-state index is 11.6. The molecule has 0 aromatic carbocycles. The predicted molar refractivity (Wildman–Crippen MR) is 75.6 cm³/mol. The van der Waals surface area contributed by atoms with Crippen molar-refractivity contribution >= 4 is 6.29 Å². The van der Waals surface area contributed by atoms with Gasteiger partial charge in [-0.1, -0.05) is 13.8 Å². The van der Waals surface area contributed by atoms with E-state index < -0.39 is 0 Å². The topological polar surface area (TPSA) is 20.3 Å². The summed E-state index contributed by atoms with van der Waals surface area (Å²) in [6, 6.07) is 0.657. The van der Waals surface area contributed by atoms with Gasteiger partial charge in [-0.2, -0.15) is 0 Å². The van der Waals surface area contributed by atoms with Crippen LogP contribution in [0.25, 0.3) is 0 Å². The molecule has 2 rings (SSSR count). The summed E-state index contributed by atoms with van der Waals surface area (Å²) in [5.74, 6) is 1.67. The number of nitrogens with zero attached hydrogens (tertiary/aromatic N) is 1. The fourth-order valence-electron chi connectivity index (χ4n) is 3.75. The minimum Gasteiger partial charge on any atom is -0.303 e. The van der Waals surface area contributed by atoms with Crippen LogP contribution in [0.2, 0.25) is 0 Å². The van der Waals surface area contributed by atoms with Crippen LogP contribution in [0.3, 0.4) is 0 Å². The first-order valence-corrected chi connectivity index (χ1v) is 7.75. The number of likely N-dealkylation sites (tertiary alicyclic amines) is 1. The van der Waals surface area contributed by atoms with E-state index in [0.29, 0.717) is 6.04 Å². The Morgan fingerprint density at radius 1 is 1.11 bits per heavy atom. The average molecular weight is 251 g/mol. The largest absolute Gasteiger partial charge is 0.303 e. The van der Waals surface area contributed by atoms with Gasteiger partial charge in [0.1, 0.15) is 6.29 Å². The Labute approximate surface area is 112 Å². The Morgan fingerprint density at radius 2 is 1.78 bits per heavy atom. The lowest BCUT2D eigenvalue weighted by Crippen LogP contribution is -2.48. The summed E-state index contributed by atoms with van der Waals surface area (Å²) >= 11 is 0. The molecule has 2 fully saturated rings. The molecule has 0 aromatic heterocycles. The molecule has 1 aliphatic carbocycles. The molecule has 1 saturated carbocycles. The number of rotatable bonds is 3. The van der Waals surface area contributed by atoms with Crippen LogP contribution >= 0.6 is 0 Å². The molecule has 2 atom stereocenters. The van der Waals surface area contributed by atoms with Gasteiger partial charge in [-0.05, 0) is 63.8 Å². The van der Waals surface area contributed by atoms with Crippen LogP contribution in [0.5, 0.6) is 0 Å². The van der Waals surface area contributed by atoms with Crippen LogP contribution in [0.4, 0.5) is 0 Å². The molecule has 2 aliphatic rings. The molecule has 104 valence electrons. The van der Waals surface area contributed by atoms with Crippen molar-refractivity contribution in [1.29, 1.82) is 0 Å². The second-order valence-electron chi connectivity index (χ2n) is 7.11.